The van der Waals surface area contributed by atoms with Gasteiger partial charge in [-0.25, -0.2) is 4.39 Å². The molecule has 0 radical (unpaired) electrons. The first-order chi connectivity index (χ1) is 12.7. The number of hydrogen-bond donors (Lipinski definition) is 0. The van der Waals surface area contributed by atoms with E-state index in [4.69, 9.17) is 0 Å². The molecule has 26 heavy (non-hydrogen) atoms. The molecule has 1 heterocycles. The number of fused-ring (bicyclic) bond motifs is 5. The molecule has 0 amide bonds. The van der Waals surface area contributed by atoms with E-state index in [0.717, 1.165) is 22.0 Å². The number of rotatable bonds is 1. The van der Waals surface area contributed by atoms with E-state index in [1.807, 2.05) is 12.1 Å². The molecule has 0 bridgehead atoms. The molecule has 124 valence electrons. The SMILES string of the molecule is Cc1ccc2c(ccc3c4ccnc(-c5cccc(F)c5)c4ccc23)c1. The molecule has 2 heteroatoms. The summed E-state index contributed by atoms with van der Waals surface area (Å²) in [6.07, 6.45) is 1.81. The lowest BCUT2D eigenvalue weighted by molar-refractivity contribution is 0.628. The number of hydrogen-bond acceptors (Lipinski definition) is 1. The first-order valence-corrected chi connectivity index (χ1v) is 8.67. The number of nitrogens with zero attached hydrogens (tertiary/aromatic N) is 1. The van der Waals surface area contributed by atoms with Gasteiger partial charge in [0.2, 0.25) is 0 Å². The van der Waals surface area contributed by atoms with Gasteiger partial charge in [0.1, 0.15) is 5.82 Å². The molecule has 1 aromatic heterocycles. The number of pyridine rings is 1. The van der Waals surface area contributed by atoms with Gasteiger partial charge in [-0.1, -0.05) is 60.2 Å². The maximum Gasteiger partial charge on any atom is 0.123 e. The van der Waals surface area contributed by atoms with Crippen LogP contribution in [0.15, 0.2) is 79.0 Å². The summed E-state index contributed by atoms with van der Waals surface area (Å²) in [5.41, 5.74) is 2.87. The van der Waals surface area contributed by atoms with Crippen molar-refractivity contribution in [3.63, 3.8) is 0 Å². The van der Waals surface area contributed by atoms with E-state index in [1.165, 1.54) is 39.2 Å². The maximum absolute atomic E-state index is 13.7. The second-order valence-electron chi connectivity index (χ2n) is 6.72. The van der Waals surface area contributed by atoms with E-state index in [1.54, 1.807) is 12.3 Å². The van der Waals surface area contributed by atoms with Crippen molar-refractivity contribution in [2.45, 2.75) is 6.92 Å². The van der Waals surface area contributed by atoms with Gasteiger partial charge in [0.25, 0.3) is 0 Å². The zero-order valence-corrected chi connectivity index (χ0v) is 14.3. The van der Waals surface area contributed by atoms with Gasteiger partial charge in [-0.05, 0) is 52.1 Å². The topological polar surface area (TPSA) is 12.9 Å². The van der Waals surface area contributed by atoms with E-state index in [0.29, 0.717) is 0 Å². The van der Waals surface area contributed by atoms with Crippen LogP contribution in [0, 0.1) is 12.7 Å². The number of aromatic nitrogens is 1. The fourth-order valence-corrected chi connectivity index (χ4v) is 3.80. The summed E-state index contributed by atoms with van der Waals surface area (Å²) in [5.74, 6) is -0.247. The summed E-state index contributed by atoms with van der Waals surface area (Å²) >= 11 is 0. The second-order valence-corrected chi connectivity index (χ2v) is 6.72. The molecule has 0 saturated carbocycles. The molecule has 0 aliphatic rings. The molecular weight excluding hydrogens is 321 g/mol. The van der Waals surface area contributed by atoms with Crippen LogP contribution in [0.3, 0.4) is 0 Å². The average molecular weight is 337 g/mol. The average Bonchev–Trinajstić information content (AvgIpc) is 2.66. The first-order valence-electron chi connectivity index (χ1n) is 8.67. The summed E-state index contributed by atoms with van der Waals surface area (Å²) in [7, 11) is 0. The highest BCUT2D eigenvalue weighted by Gasteiger charge is 2.10. The number of halogens is 1. The highest BCUT2D eigenvalue weighted by atomic mass is 19.1. The van der Waals surface area contributed by atoms with Gasteiger partial charge in [-0.15, -0.1) is 0 Å². The molecule has 0 saturated heterocycles. The minimum Gasteiger partial charge on any atom is -0.256 e. The molecule has 0 spiro atoms. The largest absolute Gasteiger partial charge is 0.256 e. The van der Waals surface area contributed by atoms with Crippen molar-refractivity contribution in [3.8, 4) is 11.3 Å². The lowest BCUT2D eigenvalue weighted by Crippen LogP contribution is -1.88. The fourth-order valence-electron chi connectivity index (χ4n) is 3.80. The van der Waals surface area contributed by atoms with Crippen molar-refractivity contribution >= 4 is 32.3 Å². The van der Waals surface area contributed by atoms with Crippen molar-refractivity contribution < 1.29 is 4.39 Å². The Morgan fingerprint density at radius 1 is 0.692 bits per heavy atom. The molecule has 0 aliphatic carbocycles. The van der Waals surface area contributed by atoms with Gasteiger partial charge in [-0.3, -0.25) is 4.98 Å². The molecule has 0 unspecified atom stereocenters. The van der Waals surface area contributed by atoms with Crippen LogP contribution in [-0.4, -0.2) is 4.98 Å². The van der Waals surface area contributed by atoms with E-state index >= 15 is 0 Å². The first kappa shape index (κ1) is 15.0. The number of aryl methyl sites for hydroxylation is 1. The minimum absolute atomic E-state index is 0.247. The Kier molecular flexibility index (Phi) is 3.26. The Morgan fingerprint density at radius 3 is 2.31 bits per heavy atom. The van der Waals surface area contributed by atoms with E-state index in [-0.39, 0.29) is 5.82 Å². The Bertz CT molecular complexity index is 1300. The van der Waals surface area contributed by atoms with Crippen LogP contribution in [-0.2, 0) is 0 Å². The standard InChI is InChI=1S/C24H16FN/c1-15-5-7-19-16(13-15)6-8-21-20(19)9-10-23-22(21)11-12-26-24(23)17-3-2-4-18(25)14-17/h2-14H,1H3. The molecule has 0 N–H and O–H groups in total. The summed E-state index contributed by atoms with van der Waals surface area (Å²) < 4.78 is 13.7. The van der Waals surface area contributed by atoms with Crippen molar-refractivity contribution in [2.24, 2.45) is 0 Å². The Balaban J connectivity index is 1.87. The van der Waals surface area contributed by atoms with Crippen molar-refractivity contribution in [2.75, 3.05) is 0 Å². The van der Waals surface area contributed by atoms with Gasteiger partial charge < -0.3 is 0 Å². The Morgan fingerprint density at radius 2 is 1.42 bits per heavy atom. The van der Waals surface area contributed by atoms with Crippen LogP contribution in [0.1, 0.15) is 5.56 Å². The van der Waals surface area contributed by atoms with Crippen molar-refractivity contribution in [3.05, 3.63) is 90.4 Å². The Labute approximate surface area is 150 Å². The highest BCUT2D eigenvalue weighted by molar-refractivity contribution is 6.18. The van der Waals surface area contributed by atoms with Crippen LogP contribution in [0.2, 0.25) is 0 Å². The van der Waals surface area contributed by atoms with Gasteiger partial charge in [0.05, 0.1) is 5.69 Å². The van der Waals surface area contributed by atoms with Gasteiger partial charge in [0, 0.05) is 17.1 Å². The summed E-state index contributed by atoms with van der Waals surface area (Å²) in [6.45, 7) is 2.11. The molecule has 0 fully saturated rings. The fraction of sp³-hybridized carbons (Fsp3) is 0.0417. The third-order valence-electron chi connectivity index (χ3n) is 5.01. The van der Waals surface area contributed by atoms with Crippen LogP contribution >= 0.6 is 0 Å². The zero-order valence-electron chi connectivity index (χ0n) is 14.3. The second kappa shape index (κ2) is 5.63. The lowest BCUT2D eigenvalue weighted by Gasteiger charge is -2.11. The molecule has 5 aromatic rings. The maximum atomic E-state index is 13.7. The monoisotopic (exact) mass is 337 g/mol. The lowest BCUT2D eigenvalue weighted by atomic mass is 9.95. The van der Waals surface area contributed by atoms with Crippen LogP contribution in [0.5, 0.6) is 0 Å². The van der Waals surface area contributed by atoms with Crippen LogP contribution in [0.25, 0.3) is 43.6 Å². The molecule has 1 nitrogen and oxygen atoms in total. The van der Waals surface area contributed by atoms with Crippen LogP contribution in [0.4, 0.5) is 4.39 Å². The van der Waals surface area contributed by atoms with Gasteiger partial charge in [-0.2, -0.15) is 0 Å². The van der Waals surface area contributed by atoms with Crippen molar-refractivity contribution in [1.29, 1.82) is 0 Å². The van der Waals surface area contributed by atoms with Crippen LogP contribution < -0.4 is 0 Å². The Hall–Kier alpha value is -3.26. The quantitative estimate of drug-likeness (QED) is 0.312. The van der Waals surface area contributed by atoms with Crippen molar-refractivity contribution in [1.82, 2.24) is 4.98 Å². The molecule has 0 aliphatic heterocycles. The van der Waals surface area contributed by atoms with E-state index < -0.39 is 0 Å². The third kappa shape index (κ3) is 2.26. The summed E-state index contributed by atoms with van der Waals surface area (Å²) in [4.78, 5) is 4.53. The molecule has 5 rings (SSSR count). The predicted molar refractivity (Wildman–Crippen MR) is 107 cm³/mol. The molecule has 0 atom stereocenters. The summed E-state index contributed by atoms with van der Waals surface area (Å²) in [5, 5.41) is 7.09. The van der Waals surface area contributed by atoms with Gasteiger partial charge >= 0.3 is 0 Å². The zero-order chi connectivity index (χ0) is 17.7. The molecule has 4 aromatic carbocycles. The number of benzene rings is 4. The van der Waals surface area contributed by atoms with Gasteiger partial charge in [0.15, 0.2) is 0 Å². The summed E-state index contributed by atoms with van der Waals surface area (Å²) in [6, 6.07) is 23.8. The van der Waals surface area contributed by atoms with E-state index in [9.17, 15) is 4.39 Å². The molecular formula is C24H16FN. The predicted octanol–water partition coefficient (Wildman–Crippen LogP) is 6.66. The minimum atomic E-state index is -0.247. The third-order valence-corrected chi connectivity index (χ3v) is 5.01. The van der Waals surface area contributed by atoms with E-state index in [2.05, 4.69) is 54.4 Å². The smallest absolute Gasteiger partial charge is 0.123 e. The normalized spacial score (nSPS) is 11.5. The highest BCUT2D eigenvalue weighted by Crippen LogP contribution is 2.35.